The largest absolute Gasteiger partial charge is 0.290 e. The van der Waals surface area contributed by atoms with Crippen molar-refractivity contribution in [3.63, 3.8) is 0 Å². The Morgan fingerprint density at radius 3 is 1.96 bits per heavy atom. The highest BCUT2D eigenvalue weighted by molar-refractivity contribution is 5.80. The van der Waals surface area contributed by atoms with Gasteiger partial charge in [-0.25, -0.2) is 4.68 Å². The van der Waals surface area contributed by atoms with Crippen LogP contribution in [-0.4, -0.2) is 9.78 Å². The van der Waals surface area contributed by atoms with Gasteiger partial charge in [0.25, 0.3) is 5.56 Å². The first-order valence-electron chi connectivity index (χ1n) is 8.68. The van der Waals surface area contributed by atoms with E-state index in [0.29, 0.717) is 5.56 Å². The van der Waals surface area contributed by atoms with E-state index in [-0.39, 0.29) is 5.56 Å². The summed E-state index contributed by atoms with van der Waals surface area (Å²) < 4.78 is 1.64. The average Bonchev–Trinajstić information content (AvgIpc) is 3.03. The minimum atomic E-state index is -0.0432. The van der Waals surface area contributed by atoms with Crippen LogP contribution < -0.4 is 5.56 Å². The molecule has 0 saturated heterocycles. The minimum Gasteiger partial charge on any atom is -0.290 e. The van der Waals surface area contributed by atoms with E-state index in [4.69, 9.17) is 0 Å². The molecule has 4 aromatic rings. The second-order valence-electron chi connectivity index (χ2n) is 6.50. The lowest BCUT2D eigenvalue weighted by molar-refractivity contribution is 0.851. The number of nitrogens with zero attached hydrogens (tertiary/aromatic N) is 1. The zero-order valence-electron chi connectivity index (χ0n) is 14.9. The van der Waals surface area contributed by atoms with Crippen molar-refractivity contribution in [2.75, 3.05) is 0 Å². The fourth-order valence-corrected chi connectivity index (χ4v) is 3.17. The highest BCUT2D eigenvalue weighted by Crippen LogP contribution is 2.28. The van der Waals surface area contributed by atoms with Crippen molar-refractivity contribution in [1.82, 2.24) is 9.78 Å². The first-order valence-corrected chi connectivity index (χ1v) is 8.68. The molecule has 4 rings (SSSR count). The highest BCUT2D eigenvalue weighted by atomic mass is 16.1. The molecule has 0 fully saturated rings. The molecule has 1 N–H and O–H groups in total. The lowest BCUT2D eigenvalue weighted by atomic mass is 10.0. The lowest BCUT2D eigenvalue weighted by Gasteiger charge is -2.05. The molecule has 0 bridgehead atoms. The van der Waals surface area contributed by atoms with Crippen molar-refractivity contribution < 1.29 is 0 Å². The van der Waals surface area contributed by atoms with Gasteiger partial charge in [-0.15, -0.1) is 0 Å². The molecular weight excluding hydrogens is 320 g/mol. The van der Waals surface area contributed by atoms with Crippen LogP contribution in [0.2, 0.25) is 0 Å². The van der Waals surface area contributed by atoms with Crippen molar-refractivity contribution in [1.29, 1.82) is 0 Å². The number of H-pyrrole nitrogens is 1. The molecule has 0 aliphatic rings. The molecule has 0 aliphatic heterocycles. The molecule has 0 spiro atoms. The Morgan fingerprint density at radius 2 is 1.35 bits per heavy atom. The number of rotatable bonds is 3. The summed E-state index contributed by atoms with van der Waals surface area (Å²) in [6.45, 7) is 4.13. The molecule has 0 radical (unpaired) electrons. The molecule has 0 atom stereocenters. The maximum Gasteiger partial charge on any atom is 0.279 e. The first kappa shape index (κ1) is 16.2. The zero-order valence-corrected chi connectivity index (χ0v) is 14.9. The second-order valence-corrected chi connectivity index (χ2v) is 6.50. The lowest BCUT2D eigenvalue weighted by Crippen LogP contribution is -2.15. The van der Waals surface area contributed by atoms with Crippen LogP contribution >= 0.6 is 0 Å². The molecule has 0 amide bonds. The van der Waals surface area contributed by atoms with E-state index >= 15 is 0 Å². The smallest absolute Gasteiger partial charge is 0.279 e. The quantitative estimate of drug-likeness (QED) is 0.552. The van der Waals surface area contributed by atoms with E-state index in [1.165, 1.54) is 5.56 Å². The van der Waals surface area contributed by atoms with E-state index in [9.17, 15) is 4.79 Å². The number of aryl methyl sites for hydroxylation is 2. The predicted molar refractivity (Wildman–Crippen MR) is 107 cm³/mol. The van der Waals surface area contributed by atoms with Gasteiger partial charge in [-0.2, -0.15) is 0 Å². The van der Waals surface area contributed by atoms with Crippen LogP contribution in [0.15, 0.2) is 83.7 Å². The summed E-state index contributed by atoms with van der Waals surface area (Å²) in [5, 5.41) is 3.33. The Hall–Kier alpha value is -3.33. The van der Waals surface area contributed by atoms with Gasteiger partial charge in [-0.1, -0.05) is 66.7 Å². The molecule has 128 valence electrons. The molecule has 1 aromatic heterocycles. The van der Waals surface area contributed by atoms with Crippen molar-refractivity contribution in [3.8, 4) is 28.1 Å². The average molecular weight is 340 g/mol. The Bertz CT molecular complexity index is 1110. The van der Waals surface area contributed by atoms with Gasteiger partial charge in [-0.05, 0) is 42.7 Å². The molecule has 3 nitrogen and oxygen atoms in total. The zero-order chi connectivity index (χ0) is 18.1. The molecule has 0 unspecified atom stereocenters. The molecule has 26 heavy (non-hydrogen) atoms. The second kappa shape index (κ2) is 6.52. The van der Waals surface area contributed by atoms with Gasteiger partial charge in [0.1, 0.15) is 0 Å². The van der Waals surface area contributed by atoms with E-state index in [1.54, 1.807) is 4.68 Å². The van der Waals surface area contributed by atoms with Crippen LogP contribution in [0.5, 0.6) is 0 Å². The summed E-state index contributed by atoms with van der Waals surface area (Å²) in [5.74, 6) is 0. The Balaban J connectivity index is 1.99. The number of aromatic nitrogens is 2. The van der Waals surface area contributed by atoms with E-state index < -0.39 is 0 Å². The predicted octanol–water partition coefficient (Wildman–Crippen LogP) is 5.12. The highest BCUT2D eigenvalue weighted by Gasteiger charge is 2.18. The van der Waals surface area contributed by atoms with E-state index in [0.717, 1.165) is 28.1 Å². The van der Waals surface area contributed by atoms with Crippen molar-refractivity contribution in [2.45, 2.75) is 13.8 Å². The summed E-state index contributed by atoms with van der Waals surface area (Å²) in [6.07, 6.45) is 0. The summed E-state index contributed by atoms with van der Waals surface area (Å²) in [5.41, 5.74) is 6.60. The number of hydrogen-bond acceptors (Lipinski definition) is 1. The van der Waals surface area contributed by atoms with Crippen molar-refractivity contribution >= 4 is 0 Å². The molecule has 0 saturated carbocycles. The van der Waals surface area contributed by atoms with Gasteiger partial charge in [0, 0.05) is 5.56 Å². The maximum atomic E-state index is 13.3. The van der Waals surface area contributed by atoms with Crippen LogP contribution in [0.3, 0.4) is 0 Å². The van der Waals surface area contributed by atoms with Crippen LogP contribution in [0.1, 0.15) is 11.1 Å². The maximum absolute atomic E-state index is 13.3. The fraction of sp³-hybridized carbons (Fsp3) is 0.0870. The van der Waals surface area contributed by atoms with Gasteiger partial charge < -0.3 is 0 Å². The third kappa shape index (κ3) is 2.78. The summed E-state index contributed by atoms with van der Waals surface area (Å²) in [7, 11) is 0. The standard InChI is InChI=1S/C23H20N2O/c1-16-13-14-20(15-17(16)2)25-23(26)21(18-9-5-3-6-10-18)22(24-25)19-11-7-4-8-12-19/h3-15,24H,1-2H3. The molecule has 1 heterocycles. The monoisotopic (exact) mass is 340 g/mol. The number of nitrogens with one attached hydrogen (secondary N) is 1. The molecule has 0 aliphatic carbocycles. The summed E-state index contributed by atoms with van der Waals surface area (Å²) in [6, 6.07) is 25.8. The van der Waals surface area contributed by atoms with Crippen molar-refractivity contribution in [3.05, 3.63) is 100 Å². The number of aromatic amines is 1. The van der Waals surface area contributed by atoms with Gasteiger partial charge in [0.15, 0.2) is 0 Å². The Labute approximate surface area is 152 Å². The SMILES string of the molecule is Cc1ccc(-n2[nH]c(-c3ccccc3)c(-c3ccccc3)c2=O)cc1C. The van der Waals surface area contributed by atoms with Crippen LogP contribution in [0, 0.1) is 13.8 Å². The third-order valence-corrected chi connectivity index (χ3v) is 4.76. The number of benzene rings is 3. The van der Waals surface area contributed by atoms with Gasteiger partial charge in [0.2, 0.25) is 0 Å². The third-order valence-electron chi connectivity index (χ3n) is 4.76. The van der Waals surface area contributed by atoms with Crippen LogP contribution in [0.25, 0.3) is 28.1 Å². The molecule has 3 aromatic carbocycles. The molecular formula is C23H20N2O. The van der Waals surface area contributed by atoms with Gasteiger partial charge in [0.05, 0.1) is 16.9 Å². The first-order chi connectivity index (χ1) is 12.6. The van der Waals surface area contributed by atoms with Gasteiger partial charge in [-0.3, -0.25) is 9.89 Å². The summed E-state index contributed by atoms with van der Waals surface area (Å²) >= 11 is 0. The minimum absolute atomic E-state index is 0.0432. The van der Waals surface area contributed by atoms with Gasteiger partial charge >= 0.3 is 0 Å². The van der Waals surface area contributed by atoms with E-state index in [2.05, 4.69) is 18.9 Å². The summed E-state index contributed by atoms with van der Waals surface area (Å²) in [4.78, 5) is 13.3. The molecule has 3 heteroatoms. The van der Waals surface area contributed by atoms with Crippen LogP contribution in [0.4, 0.5) is 0 Å². The van der Waals surface area contributed by atoms with Crippen molar-refractivity contribution in [2.24, 2.45) is 0 Å². The number of hydrogen-bond donors (Lipinski definition) is 1. The van der Waals surface area contributed by atoms with E-state index in [1.807, 2.05) is 78.9 Å². The topological polar surface area (TPSA) is 37.8 Å². The van der Waals surface area contributed by atoms with Crippen LogP contribution in [-0.2, 0) is 0 Å². The Kier molecular flexibility index (Phi) is 4.05. The normalized spacial score (nSPS) is 10.8. The fourth-order valence-electron chi connectivity index (χ4n) is 3.17. The Morgan fingerprint density at radius 1 is 0.731 bits per heavy atom.